The smallest absolute Gasteiger partial charge is 0.306 e. The number of ether oxygens (including phenoxy) is 2. The van der Waals surface area contributed by atoms with Gasteiger partial charge in [-0.15, -0.1) is 0 Å². The number of carbonyl (C=O) groups excluding carboxylic acids is 2. The van der Waals surface area contributed by atoms with Crippen molar-refractivity contribution in [2.45, 2.75) is 38.8 Å². The largest absolute Gasteiger partial charge is 0.474 e. The first-order chi connectivity index (χ1) is 10.6. The maximum atomic E-state index is 11.8. The van der Waals surface area contributed by atoms with Crippen LogP contribution >= 0.6 is 0 Å². The third kappa shape index (κ3) is 4.71. The van der Waals surface area contributed by atoms with Crippen LogP contribution in [0.1, 0.15) is 26.7 Å². The lowest BCUT2D eigenvalue weighted by atomic mass is 10.2. The summed E-state index contributed by atoms with van der Waals surface area (Å²) in [6.45, 7) is 5.43. The lowest BCUT2D eigenvalue weighted by molar-refractivity contribution is -0.118. The van der Waals surface area contributed by atoms with E-state index in [0.717, 1.165) is 12.8 Å². The molecule has 2 heterocycles. The summed E-state index contributed by atoms with van der Waals surface area (Å²) in [7, 11) is 0. The highest BCUT2D eigenvalue weighted by Crippen LogP contribution is 2.06. The maximum Gasteiger partial charge on any atom is 0.306 e. The summed E-state index contributed by atoms with van der Waals surface area (Å²) in [6.07, 6.45) is 1.63. The minimum absolute atomic E-state index is 0.0951. The van der Waals surface area contributed by atoms with E-state index in [4.69, 9.17) is 9.47 Å². The minimum atomic E-state index is -0.360. The Morgan fingerprint density at radius 3 is 1.73 bits per heavy atom. The average molecular weight is 310 g/mol. The van der Waals surface area contributed by atoms with E-state index >= 15 is 0 Å². The Bertz CT molecular complexity index is 445. The highest BCUT2D eigenvalue weighted by Gasteiger charge is 2.20. The lowest BCUT2D eigenvalue weighted by Crippen LogP contribution is -2.42. The first kappa shape index (κ1) is 16.3. The number of hydrogen-bond donors (Lipinski definition) is 2. The molecule has 0 aliphatic carbocycles. The Balaban J connectivity index is 1.68. The molecular weight excluding hydrogens is 288 g/mol. The molecule has 0 bridgehead atoms. The summed E-state index contributed by atoms with van der Waals surface area (Å²) in [5, 5.41) is 5.30. The number of carbonyl (C=O) groups is 2. The number of hydrogen-bond acceptors (Lipinski definition) is 6. The van der Waals surface area contributed by atoms with Crippen molar-refractivity contribution < 1.29 is 19.1 Å². The molecule has 0 aromatic heterocycles. The third-order valence-corrected chi connectivity index (χ3v) is 3.31. The minimum Gasteiger partial charge on any atom is -0.474 e. The van der Waals surface area contributed by atoms with Crippen LogP contribution in [0.5, 0.6) is 0 Å². The van der Waals surface area contributed by atoms with Gasteiger partial charge in [0.25, 0.3) is 11.8 Å². The van der Waals surface area contributed by atoms with Gasteiger partial charge in [0.15, 0.2) is 0 Å². The quantitative estimate of drug-likeness (QED) is 0.677. The van der Waals surface area contributed by atoms with Gasteiger partial charge in [-0.1, -0.05) is 0 Å². The zero-order valence-electron chi connectivity index (χ0n) is 12.9. The van der Waals surface area contributed by atoms with Gasteiger partial charge in [0.2, 0.25) is 0 Å². The summed E-state index contributed by atoms with van der Waals surface area (Å²) in [4.78, 5) is 31.9. The molecule has 8 nitrogen and oxygen atoms in total. The summed E-state index contributed by atoms with van der Waals surface area (Å²) < 4.78 is 10.4. The lowest BCUT2D eigenvalue weighted by Gasteiger charge is -2.18. The molecule has 8 heteroatoms. The topological polar surface area (TPSA) is 101 Å². The molecule has 0 aromatic carbocycles. The van der Waals surface area contributed by atoms with Gasteiger partial charge in [0, 0.05) is 25.9 Å². The van der Waals surface area contributed by atoms with Gasteiger partial charge in [-0.05, 0) is 13.8 Å². The molecule has 22 heavy (non-hydrogen) atoms. The summed E-state index contributed by atoms with van der Waals surface area (Å²) in [5.74, 6) is -0.501. The Hall–Kier alpha value is -2.12. The molecule has 2 amide bonds. The first-order valence-corrected chi connectivity index (χ1v) is 7.54. The van der Waals surface area contributed by atoms with Gasteiger partial charge >= 0.3 is 11.8 Å². The van der Waals surface area contributed by atoms with Gasteiger partial charge in [-0.2, -0.15) is 0 Å². The second kappa shape index (κ2) is 7.77. The van der Waals surface area contributed by atoms with Crippen LogP contribution in [0.25, 0.3) is 0 Å². The van der Waals surface area contributed by atoms with Crippen LogP contribution in [0.4, 0.5) is 0 Å². The molecule has 0 fully saturated rings. The molecule has 122 valence electrons. The normalized spacial score (nSPS) is 24.3. The van der Waals surface area contributed by atoms with Crippen molar-refractivity contribution in [1.82, 2.24) is 10.6 Å². The average Bonchev–Trinajstić information content (AvgIpc) is 2.51. The SMILES string of the molecule is CC1CCOC(C(=O)NCCNC(=O)C2=NC(C)CCO2)=N1. The fraction of sp³-hybridized carbons (Fsp3) is 0.714. The van der Waals surface area contributed by atoms with E-state index in [1.807, 2.05) is 13.8 Å². The van der Waals surface area contributed by atoms with Crippen molar-refractivity contribution in [2.24, 2.45) is 9.98 Å². The number of nitrogens with one attached hydrogen (secondary N) is 2. The summed E-state index contributed by atoms with van der Waals surface area (Å²) >= 11 is 0. The van der Waals surface area contributed by atoms with Crippen molar-refractivity contribution in [2.75, 3.05) is 26.3 Å². The molecule has 2 unspecified atom stereocenters. The number of amides is 2. The predicted octanol–water partition coefficient (Wildman–Crippen LogP) is -0.367. The van der Waals surface area contributed by atoms with E-state index in [1.165, 1.54) is 0 Å². The number of aliphatic imine (C=N–C) groups is 2. The highest BCUT2D eigenvalue weighted by molar-refractivity contribution is 6.36. The molecule has 2 aliphatic heterocycles. The van der Waals surface area contributed by atoms with Crippen molar-refractivity contribution in [3.05, 3.63) is 0 Å². The van der Waals surface area contributed by atoms with Gasteiger partial charge < -0.3 is 20.1 Å². The van der Waals surface area contributed by atoms with Crippen molar-refractivity contribution in [1.29, 1.82) is 0 Å². The first-order valence-electron chi connectivity index (χ1n) is 7.54. The van der Waals surface area contributed by atoms with Crippen LogP contribution in [-0.4, -0.2) is 62.0 Å². The Morgan fingerprint density at radius 1 is 0.955 bits per heavy atom. The van der Waals surface area contributed by atoms with Gasteiger partial charge in [-0.3, -0.25) is 9.59 Å². The fourth-order valence-corrected chi connectivity index (χ4v) is 2.01. The predicted molar refractivity (Wildman–Crippen MR) is 81.0 cm³/mol. The summed E-state index contributed by atoms with van der Waals surface area (Å²) in [6, 6.07) is 0.190. The van der Waals surface area contributed by atoms with E-state index < -0.39 is 0 Å². The van der Waals surface area contributed by atoms with E-state index in [2.05, 4.69) is 20.6 Å². The molecule has 2 rings (SSSR count). The molecular formula is C14H22N4O4. The van der Waals surface area contributed by atoms with E-state index in [0.29, 0.717) is 13.2 Å². The molecule has 2 atom stereocenters. The van der Waals surface area contributed by atoms with E-state index in [-0.39, 0.29) is 48.8 Å². The standard InChI is InChI=1S/C14H22N4O4/c1-9-3-7-21-13(17-9)11(19)15-5-6-16-12(20)14-18-10(2)4-8-22-14/h9-10H,3-8H2,1-2H3,(H,15,19)(H,16,20). The zero-order valence-corrected chi connectivity index (χ0v) is 12.9. The molecule has 2 aliphatic rings. The fourth-order valence-electron chi connectivity index (χ4n) is 2.01. The van der Waals surface area contributed by atoms with Gasteiger partial charge in [0.1, 0.15) is 0 Å². The molecule has 0 saturated heterocycles. The zero-order chi connectivity index (χ0) is 15.9. The Kier molecular flexibility index (Phi) is 5.74. The Morgan fingerprint density at radius 2 is 1.36 bits per heavy atom. The molecule has 0 aromatic rings. The van der Waals surface area contributed by atoms with Crippen LogP contribution in [0.3, 0.4) is 0 Å². The van der Waals surface area contributed by atoms with Crippen LogP contribution in [0.2, 0.25) is 0 Å². The number of nitrogens with zero attached hydrogens (tertiary/aromatic N) is 2. The highest BCUT2D eigenvalue weighted by atomic mass is 16.5. The molecule has 0 radical (unpaired) electrons. The summed E-state index contributed by atoms with van der Waals surface area (Å²) in [5.41, 5.74) is 0. The monoisotopic (exact) mass is 310 g/mol. The molecule has 2 N–H and O–H groups in total. The second-order valence-corrected chi connectivity index (χ2v) is 5.35. The van der Waals surface area contributed by atoms with Gasteiger partial charge in [0.05, 0.1) is 25.3 Å². The van der Waals surface area contributed by atoms with E-state index in [1.54, 1.807) is 0 Å². The molecule has 0 spiro atoms. The van der Waals surface area contributed by atoms with Crippen molar-refractivity contribution in [3.8, 4) is 0 Å². The number of rotatable bonds is 5. The van der Waals surface area contributed by atoms with Gasteiger partial charge in [-0.25, -0.2) is 9.98 Å². The van der Waals surface area contributed by atoms with Crippen LogP contribution in [0.15, 0.2) is 9.98 Å². The maximum absolute atomic E-state index is 11.8. The third-order valence-electron chi connectivity index (χ3n) is 3.31. The van der Waals surface area contributed by atoms with Crippen LogP contribution in [0, 0.1) is 0 Å². The second-order valence-electron chi connectivity index (χ2n) is 5.35. The molecule has 0 saturated carbocycles. The van der Waals surface area contributed by atoms with Crippen molar-refractivity contribution in [3.63, 3.8) is 0 Å². The van der Waals surface area contributed by atoms with Crippen LogP contribution < -0.4 is 10.6 Å². The Labute approximate surface area is 129 Å². The van der Waals surface area contributed by atoms with E-state index in [9.17, 15) is 9.59 Å². The van der Waals surface area contributed by atoms with Crippen molar-refractivity contribution >= 4 is 23.6 Å². The van der Waals surface area contributed by atoms with Crippen LogP contribution in [-0.2, 0) is 19.1 Å².